The van der Waals surface area contributed by atoms with E-state index in [2.05, 4.69) is 25.3 Å². The van der Waals surface area contributed by atoms with Gasteiger partial charge in [-0.3, -0.25) is 4.90 Å². The van der Waals surface area contributed by atoms with Crippen molar-refractivity contribution in [2.75, 3.05) is 19.7 Å². The lowest BCUT2D eigenvalue weighted by atomic mass is 9.86. The Morgan fingerprint density at radius 1 is 1.62 bits per heavy atom. The highest BCUT2D eigenvalue weighted by Gasteiger charge is 2.39. The molecule has 1 N–H and O–H groups in total. The van der Waals surface area contributed by atoms with Crippen LogP contribution in [0.1, 0.15) is 26.7 Å². The fourth-order valence-corrected chi connectivity index (χ4v) is 2.35. The maximum absolute atomic E-state index is 8.94. The van der Waals surface area contributed by atoms with E-state index in [0.717, 1.165) is 19.5 Å². The molecule has 1 fully saturated rings. The molecule has 1 saturated heterocycles. The predicted octanol–water partition coefficient (Wildman–Crippen LogP) is 1.66. The van der Waals surface area contributed by atoms with Crippen LogP contribution in [0.15, 0.2) is 12.7 Å². The van der Waals surface area contributed by atoms with Crippen LogP contribution >= 0.6 is 0 Å². The number of hydrogen-bond donors (Lipinski definition) is 1. The molecule has 1 aliphatic rings. The van der Waals surface area contributed by atoms with Gasteiger partial charge in [0.25, 0.3) is 0 Å². The summed E-state index contributed by atoms with van der Waals surface area (Å²) in [5, 5.41) is 8.94. The van der Waals surface area contributed by atoms with Crippen molar-refractivity contribution in [2.24, 2.45) is 5.92 Å². The first-order chi connectivity index (χ1) is 6.12. The van der Waals surface area contributed by atoms with E-state index in [4.69, 9.17) is 5.11 Å². The van der Waals surface area contributed by atoms with Gasteiger partial charge in [0.1, 0.15) is 0 Å². The third-order valence-corrected chi connectivity index (χ3v) is 3.39. The van der Waals surface area contributed by atoms with Crippen LogP contribution in [0.4, 0.5) is 0 Å². The van der Waals surface area contributed by atoms with Crippen molar-refractivity contribution < 1.29 is 5.11 Å². The number of aliphatic hydroxyl groups is 1. The van der Waals surface area contributed by atoms with Gasteiger partial charge in [0.15, 0.2) is 0 Å². The number of likely N-dealkylation sites (tertiary alicyclic amines) is 1. The summed E-state index contributed by atoms with van der Waals surface area (Å²) >= 11 is 0. The molecule has 0 radical (unpaired) electrons. The molecule has 0 bridgehead atoms. The van der Waals surface area contributed by atoms with Crippen molar-refractivity contribution >= 4 is 0 Å². The highest BCUT2D eigenvalue weighted by atomic mass is 16.3. The van der Waals surface area contributed by atoms with Gasteiger partial charge >= 0.3 is 0 Å². The predicted molar refractivity (Wildman–Crippen MR) is 55.7 cm³/mol. The summed E-state index contributed by atoms with van der Waals surface area (Å²) < 4.78 is 0. The zero-order valence-corrected chi connectivity index (χ0v) is 8.79. The topological polar surface area (TPSA) is 23.5 Å². The van der Waals surface area contributed by atoms with E-state index < -0.39 is 0 Å². The zero-order chi connectivity index (χ0) is 9.90. The Morgan fingerprint density at radius 2 is 2.31 bits per heavy atom. The summed E-state index contributed by atoms with van der Waals surface area (Å²) in [7, 11) is 0. The Kier molecular flexibility index (Phi) is 3.51. The summed E-state index contributed by atoms with van der Waals surface area (Å²) in [4.78, 5) is 2.44. The monoisotopic (exact) mass is 183 g/mol. The standard InChI is InChI=1S/C11H21NO/c1-4-7-12-8-5-10(6-9-13)11(12,2)3/h4,10,13H,1,5-9H2,2-3H3. The van der Waals surface area contributed by atoms with Crippen LogP contribution in [0.5, 0.6) is 0 Å². The van der Waals surface area contributed by atoms with Crippen molar-refractivity contribution in [1.82, 2.24) is 4.90 Å². The summed E-state index contributed by atoms with van der Waals surface area (Å²) in [6, 6.07) is 0. The molecule has 2 nitrogen and oxygen atoms in total. The van der Waals surface area contributed by atoms with Crippen LogP contribution < -0.4 is 0 Å². The largest absolute Gasteiger partial charge is 0.396 e. The average Bonchev–Trinajstić information content (AvgIpc) is 2.33. The summed E-state index contributed by atoms with van der Waals surface area (Å²) in [6.07, 6.45) is 4.10. The molecule has 0 amide bonds. The minimum Gasteiger partial charge on any atom is -0.396 e. The van der Waals surface area contributed by atoms with Gasteiger partial charge in [0.2, 0.25) is 0 Å². The number of rotatable bonds is 4. The van der Waals surface area contributed by atoms with E-state index in [1.807, 2.05) is 6.08 Å². The second kappa shape index (κ2) is 4.25. The average molecular weight is 183 g/mol. The molecule has 76 valence electrons. The van der Waals surface area contributed by atoms with E-state index in [1.165, 1.54) is 6.42 Å². The van der Waals surface area contributed by atoms with Crippen LogP contribution in [0.25, 0.3) is 0 Å². The molecule has 1 atom stereocenters. The maximum Gasteiger partial charge on any atom is 0.0434 e. The molecule has 0 aromatic rings. The molecule has 0 spiro atoms. The Balaban J connectivity index is 2.58. The van der Waals surface area contributed by atoms with Crippen LogP contribution in [0.2, 0.25) is 0 Å². The van der Waals surface area contributed by atoms with E-state index in [1.54, 1.807) is 0 Å². The van der Waals surface area contributed by atoms with Gasteiger partial charge in [-0.05, 0) is 39.2 Å². The highest BCUT2D eigenvalue weighted by molar-refractivity contribution is 4.97. The fourth-order valence-electron chi connectivity index (χ4n) is 2.35. The molecule has 0 aliphatic carbocycles. The summed E-state index contributed by atoms with van der Waals surface area (Å²) in [6.45, 7) is 10.7. The van der Waals surface area contributed by atoms with Crippen molar-refractivity contribution in [3.63, 3.8) is 0 Å². The molecule has 1 rings (SSSR count). The number of hydrogen-bond acceptors (Lipinski definition) is 2. The van der Waals surface area contributed by atoms with Crippen LogP contribution in [0, 0.1) is 5.92 Å². The smallest absolute Gasteiger partial charge is 0.0434 e. The fraction of sp³-hybridized carbons (Fsp3) is 0.818. The second-order valence-corrected chi connectivity index (χ2v) is 4.39. The normalized spacial score (nSPS) is 27.8. The van der Waals surface area contributed by atoms with E-state index >= 15 is 0 Å². The molecular weight excluding hydrogens is 162 g/mol. The Labute approximate surface area is 81.2 Å². The quantitative estimate of drug-likeness (QED) is 0.670. The first-order valence-electron chi connectivity index (χ1n) is 5.09. The SMILES string of the molecule is C=CCN1CCC(CCO)C1(C)C. The molecule has 1 unspecified atom stereocenters. The zero-order valence-electron chi connectivity index (χ0n) is 8.79. The Morgan fingerprint density at radius 3 is 2.85 bits per heavy atom. The first kappa shape index (κ1) is 10.7. The lowest BCUT2D eigenvalue weighted by molar-refractivity contribution is 0.133. The Hall–Kier alpha value is -0.340. The van der Waals surface area contributed by atoms with Gasteiger partial charge in [-0.25, -0.2) is 0 Å². The molecule has 2 heteroatoms. The number of nitrogens with zero attached hydrogens (tertiary/aromatic N) is 1. The first-order valence-corrected chi connectivity index (χ1v) is 5.09. The van der Waals surface area contributed by atoms with Crippen LogP contribution in [0.3, 0.4) is 0 Å². The number of aliphatic hydroxyl groups excluding tert-OH is 1. The molecule has 0 aromatic carbocycles. The maximum atomic E-state index is 8.94. The third kappa shape index (κ3) is 2.12. The lowest BCUT2D eigenvalue weighted by Gasteiger charge is -2.35. The van der Waals surface area contributed by atoms with E-state index in [0.29, 0.717) is 12.5 Å². The van der Waals surface area contributed by atoms with Crippen molar-refractivity contribution in [3.8, 4) is 0 Å². The van der Waals surface area contributed by atoms with Crippen LogP contribution in [-0.2, 0) is 0 Å². The minimum absolute atomic E-state index is 0.233. The molecule has 0 aromatic heterocycles. The van der Waals surface area contributed by atoms with Gasteiger partial charge < -0.3 is 5.11 Å². The second-order valence-electron chi connectivity index (χ2n) is 4.39. The third-order valence-electron chi connectivity index (χ3n) is 3.39. The highest BCUT2D eigenvalue weighted by Crippen LogP contribution is 2.36. The van der Waals surface area contributed by atoms with Crippen molar-refractivity contribution in [3.05, 3.63) is 12.7 Å². The molecular formula is C11H21NO. The van der Waals surface area contributed by atoms with Gasteiger partial charge in [-0.15, -0.1) is 6.58 Å². The Bertz CT molecular complexity index is 177. The molecule has 13 heavy (non-hydrogen) atoms. The molecule has 0 saturated carbocycles. The van der Waals surface area contributed by atoms with Gasteiger partial charge in [0.05, 0.1) is 0 Å². The van der Waals surface area contributed by atoms with Crippen LogP contribution in [-0.4, -0.2) is 35.2 Å². The molecule has 1 aliphatic heterocycles. The summed E-state index contributed by atoms with van der Waals surface area (Å²) in [5.41, 5.74) is 0.233. The van der Waals surface area contributed by atoms with E-state index in [9.17, 15) is 0 Å². The minimum atomic E-state index is 0.233. The van der Waals surface area contributed by atoms with E-state index in [-0.39, 0.29) is 5.54 Å². The van der Waals surface area contributed by atoms with Gasteiger partial charge in [-0.2, -0.15) is 0 Å². The van der Waals surface area contributed by atoms with Crippen molar-refractivity contribution in [2.45, 2.75) is 32.2 Å². The summed E-state index contributed by atoms with van der Waals surface area (Å²) in [5.74, 6) is 0.637. The van der Waals surface area contributed by atoms with Gasteiger partial charge in [-0.1, -0.05) is 6.08 Å². The van der Waals surface area contributed by atoms with Gasteiger partial charge in [0, 0.05) is 18.7 Å². The lowest BCUT2D eigenvalue weighted by Crippen LogP contribution is -2.42. The van der Waals surface area contributed by atoms with Crippen molar-refractivity contribution in [1.29, 1.82) is 0 Å². The molecule has 1 heterocycles.